The van der Waals surface area contributed by atoms with E-state index in [0.29, 0.717) is 4.88 Å². The molecular formula is C17H15F2N3OS2. The summed E-state index contributed by atoms with van der Waals surface area (Å²) < 4.78 is 27.6. The maximum absolute atomic E-state index is 13.7. The summed E-state index contributed by atoms with van der Waals surface area (Å²) in [5.74, 6) is -1.89. The quantitative estimate of drug-likeness (QED) is 0.706. The first-order valence-electron chi connectivity index (χ1n) is 8.02. The molecule has 1 saturated heterocycles. The van der Waals surface area contributed by atoms with Gasteiger partial charge in [0.25, 0.3) is 5.91 Å². The number of hydrogen-bond donors (Lipinski definition) is 1. The number of amides is 1. The van der Waals surface area contributed by atoms with Crippen LogP contribution < -0.4 is 10.2 Å². The van der Waals surface area contributed by atoms with Crippen molar-refractivity contribution < 1.29 is 13.6 Å². The summed E-state index contributed by atoms with van der Waals surface area (Å²) in [6, 6.07) is 4.79. The van der Waals surface area contributed by atoms with Crippen LogP contribution in [-0.4, -0.2) is 24.0 Å². The number of piperidine rings is 1. The first-order chi connectivity index (χ1) is 12.1. The summed E-state index contributed by atoms with van der Waals surface area (Å²) in [6.45, 7) is 2.05. The normalized spacial score (nSPS) is 14.9. The largest absolute Gasteiger partial charge is 0.348 e. The Morgan fingerprint density at radius 3 is 2.64 bits per heavy atom. The van der Waals surface area contributed by atoms with Crippen LogP contribution in [-0.2, 0) is 0 Å². The standard InChI is InChI=1S/C17H15F2N3OS2/c18-10-4-5-12(11(19)8-10)20-15(23)14-9-13-16(24-14)25-17(21-13)22-6-2-1-3-7-22/h4-5,8-9H,1-3,6-7H2,(H,20,23). The van der Waals surface area contributed by atoms with E-state index in [9.17, 15) is 13.6 Å². The Bertz CT molecular complexity index is 900. The van der Waals surface area contributed by atoms with Crippen LogP contribution >= 0.6 is 22.7 Å². The highest BCUT2D eigenvalue weighted by atomic mass is 32.2. The number of aromatic nitrogens is 1. The molecule has 1 amide bonds. The summed E-state index contributed by atoms with van der Waals surface area (Å²) in [5, 5.41) is 3.48. The van der Waals surface area contributed by atoms with E-state index in [1.165, 1.54) is 36.7 Å². The van der Waals surface area contributed by atoms with Crippen molar-refractivity contribution in [3.8, 4) is 0 Å². The molecule has 1 aliphatic rings. The van der Waals surface area contributed by atoms with Gasteiger partial charge in [-0.3, -0.25) is 4.79 Å². The molecule has 1 fully saturated rings. The lowest BCUT2D eigenvalue weighted by molar-refractivity contribution is 0.103. The smallest absolute Gasteiger partial charge is 0.265 e. The van der Waals surface area contributed by atoms with Crippen molar-refractivity contribution in [2.24, 2.45) is 0 Å². The number of hydrogen-bond acceptors (Lipinski definition) is 5. The molecule has 8 heteroatoms. The first kappa shape index (κ1) is 16.4. The Morgan fingerprint density at radius 1 is 1.12 bits per heavy atom. The van der Waals surface area contributed by atoms with E-state index in [1.54, 1.807) is 17.4 Å². The minimum absolute atomic E-state index is 0.0369. The third-order valence-electron chi connectivity index (χ3n) is 4.11. The Labute approximate surface area is 151 Å². The molecule has 25 heavy (non-hydrogen) atoms. The molecule has 3 heterocycles. The highest BCUT2D eigenvalue weighted by Crippen LogP contribution is 2.36. The first-order valence-corrected chi connectivity index (χ1v) is 9.65. The molecule has 3 aromatic rings. The van der Waals surface area contributed by atoms with E-state index in [0.717, 1.165) is 39.9 Å². The van der Waals surface area contributed by atoms with Crippen molar-refractivity contribution in [2.45, 2.75) is 19.3 Å². The summed E-state index contributed by atoms with van der Waals surface area (Å²) in [4.78, 5) is 19.7. The van der Waals surface area contributed by atoms with Crippen LogP contribution in [0.1, 0.15) is 28.9 Å². The van der Waals surface area contributed by atoms with Crippen molar-refractivity contribution in [3.05, 3.63) is 40.8 Å². The van der Waals surface area contributed by atoms with Crippen LogP contribution in [0.4, 0.5) is 19.6 Å². The second-order valence-corrected chi connectivity index (χ2v) is 8.19. The molecule has 2 aromatic heterocycles. The Kier molecular flexibility index (Phi) is 4.39. The number of carbonyl (C=O) groups is 1. The zero-order valence-electron chi connectivity index (χ0n) is 13.2. The summed E-state index contributed by atoms with van der Waals surface area (Å²) in [5.41, 5.74) is 0.755. The van der Waals surface area contributed by atoms with E-state index in [1.807, 2.05) is 0 Å². The van der Waals surface area contributed by atoms with Gasteiger partial charge in [-0.2, -0.15) is 0 Å². The molecular weight excluding hydrogens is 364 g/mol. The Morgan fingerprint density at radius 2 is 1.92 bits per heavy atom. The molecule has 4 rings (SSSR count). The number of halogens is 2. The maximum atomic E-state index is 13.7. The van der Waals surface area contributed by atoms with Gasteiger partial charge in [0.1, 0.15) is 15.6 Å². The molecule has 0 bridgehead atoms. The molecule has 130 valence electrons. The number of anilines is 2. The predicted octanol–water partition coefficient (Wildman–Crippen LogP) is 4.88. The van der Waals surface area contributed by atoms with Gasteiger partial charge in [-0.15, -0.1) is 11.3 Å². The highest BCUT2D eigenvalue weighted by molar-refractivity contribution is 7.40. The van der Waals surface area contributed by atoms with E-state index in [-0.39, 0.29) is 5.69 Å². The molecule has 1 aliphatic heterocycles. The molecule has 0 saturated carbocycles. The lowest BCUT2D eigenvalue weighted by Crippen LogP contribution is -2.29. The fraction of sp³-hybridized carbons (Fsp3) is 0.294. The summed E-state index contributed by atoms with van der Waals surface area (Å²) >= 11 is 2.92. The van der Waals surface area contributed by atoms with Crippen molar-refractivity contribution >= 4 is 48.9 Å². The average Bonchev–Trinajstić information content (AvgIpc) is 3.17. The zero-order valence-corrected chi connectivity index (χ0v) is 14.9. The monoisotopic (exact) mass is 379 g/mol. The van der Waals surface area contributed by atoms with Gasteiger partial charge in [0.2, 0.25) is 0 Å². The van der Waals surface area contributed by atoms with Gasteiger partial charge >= 0.3 is 0 Å². The average molecular weight is 379 g/mol. The van der Waals surface area contributed by atoms with Crippen molar-refractivity contribution in [2.75, 3.05) is 23.3 Å². The molecule has 0 atom stereocenters. The fourth-order valence-corrected chi connectivity index (χ4v) is 5.05. The maximum Gasteiger partial charge on any atom is 0.265 e. The van der Waals surface area contributed by atoms with Gasteiger partial charge in [0.05, 0.1) is 16.1 Å². The van der Waals surface area contributed by atoms with Gasteiger partial charge < -0.3 is 10.2 Å². The van der Waals surface area contributed by atoms with Crippen molar-refractivity contribution in [1.29, 1.82) is 0 Å². The van der Waals surface area contributed by atoms with Crippen molar-refractivity contribution in [1.82, 2.24) is 4.98 Å². The van der Waals surface area contributed by atoms with Crippen molar-refractivity contribution in [3.63, 3.8) is 0 Å². The highest BCUT2D eigenvalue weighted by Gasteiger charge is 2.19. The lowest BCUT2D eigenvalue weighted by atomic mass is 10.1. The predicted molar refractivity (Wildman–Crippen MR) is 97.9 cm³/mol. The van der Waals surface area contributed by atoms with Crippen LogP contribution in [0.2, 0.25) is 0 Å². The molecule has 1 N–H and O–H groups in total. The third kappa shape index (κ3) is 3.36. The number of thiazole rings is 1. The molecule has 0 unspecified atom stereocenters. The van der Waals surface area contributed by atoms with Gasteiger partial charge in [-0.1, -0.05) is 11.3 Å². The fourth-order valence-electron chi connectivity index (χ4n) is 2.83. The number of carbonyl (C=O) groups excluding carboxylic acids is 1. The summed E-state index contributed by atoms with van der Waals surface area (Å²) in [7, 11) is 0. The lowest BCUT2D eigenvalue weighted by Gasteiger charge is -2.25. The van der Waals surface area contributed by atoms with Gasteiger partial charge in [0, 0.05) is 19.2 Å². The Hall–Kier alpha value is -2.06. The van der Waals surface area contributed by atoms with E-state index in [4.69, 9.17) is 0 Å². The second-order valence-electron chi connectivity index (χ2n) is 5.91. The van der Waals surface area contributed by atoms with E-state index in [2.05, 4.69) is 15.2 Å². The molecule has 0 spiro atoms. The minimum Gasteiger partial charge on any atom is -0.348 e. The SMILES string of the molecule is O=C(Nc1ccc(F)cc1F)c1cc2nc(N3CCCCC3)sc2s1. The minimum atomic E-state index is -0.794. The third-order valence-corrected chi connectivity index (χ3v) is 6.45. The second kappa shape index (κ2) is 6.68. The topological polar surface area (TPSA) is 45.2 Å². The molecule has 4 nitrogen and oxygen atoms in total. The van der Waals surface area contributed by atoms with E-state index >= 15 is 0 Å². The Balaban J connectivity index is 1.53. The van der Waals surface area contributed by atoms with E-state index < -0.39 is 17.5 Å². The van der Waals surface area contributed by atoms with Crippen LogP contribution in [0.3, 0.4) is 0 Å². The molecule has 1 aromatic carbocycles. The number of thiophene rings is 1. The number of fused-ring (bicyclic) bond motifs is 1. The number of rotatable bonds is 3. The molecule has 0 aliphatic carbocycles. The van der Waals surface area contributed by atoms with Crippen LogP contribution in [0.25, 0.3) is 9.53 Å². The number of nitrogens with one attached hydrogen (secondary N) is 1. The van der Waals surface area contributed by atoms with Gasteiger partial charge in [0.15, 0.2) is 5.13 Å². The van der Waals surface area contributed by atoms with Gasteiger partial charge in [-0.05, 0) is 37.5 Å². The zero-order chi connectivity index (χ0) is 17.4. The molecule has 0 radical (unpaired) electrons. The van der Waals surface area contributed by atoms with Crippen LogP contribution in [0.15, 0.2) is 24.3 Å². The van der Waals surface area contributed by atoms with Crippen LogP contribution in [0, 0.1) is 11.6 Å². The summed E-state index contributed by atoms with van der Waals surface area (Å²) in [6.07, 6.45) is 3.63. The van der Waals surface area contributed by atoms with Gasteiger partial charge in [-0.25, -0.2) is 13.8 Å². The number of benzene rings is 1. The number of nitrogens with zero attached hydrogens (tertiary/aromatic N) is 2. The van der Waals surface area contributed by atoms with Crippen LogP contribution in [0.5, 0.6) is 0 Å².